The van der Waals surface area contributed by atoms with Gasteiger partial charge in [0.15, 0.2) is 11.3 Å². The molecule has 1 aromatic carbocycles. The van der Waals surface area contributed by atoms with Crippen molar-refractivity contribution in [3.8, 4) is 5.75 Å². The maximum atomic E-state index is 12.7. The second-order valence-electron chi connectivity index (χ2n) is 6.14. The number of aromatic hydroxyl groups is 1. The lowest BCUT2D eigenvalue weighted by Crippen LogP contribution is -2.26. The first-order valence-corrected chi connectivity index (χ1v) is 8.80. The van der Waals surface area contributed by atoms with Crippen molar-refractivity contribution in [2.75, 3.05) is 5.32 Å². The molecule has 0 radical (unpaired) electrons. The summed E-state index contributed by atoms with van der Waals surface area (Å²) >= 11 is 5.97. The number of benzene rings is 1. The molecule has 3 rings (SSSR count). The van der Waals surface area contributed by atoms with Gasteiger partial charge in [-0.2, -0.15) is 0 Å². The second-order valence-corrected chi connectivity index (χ2v) is 6.57. The number of anilines is 1. The fourth-order valence-corrected chi connectivity index (χ4v) is 3.00. The van der Waals surface area contributed by atoms with Crippen LogP contribution in [0.4, 0.5) is 5.69 Å². The first-order chi connectivity index (χ1) is 12.9. The predicted octanol–water partition coefficient (Wildman–Crippen LogP) is 2.61. The molecular formula is C19H18ClN3O4. The van der Waals surface area contributed by atoms with Crippen molar-refractivity contribution < 1.29 is 9.90 Å². The zero-order valence-electron chi connectivity index (χ0n) is 14.6. The summed E-state index contributed by atoms with van der Waals surface area (Å²) in [6.07, 6.45) is 5.29. The van der Waals surface area contributed by atoms with Crippen molar-refractivity contribution in [2.45, 2.75) is 26.3 Å². The number of fused-ring (bicyclic) bond motifs is 1. The third kappa shape index (κ3) is 3.88. The third-order valence-electron chi connectivity index (χ3n) is 4.07. The van der Waals surface area contributed by atoms with E-state index in [-0.39, 0.29) is 30.1 Å². The molecule has 27 heavy (non-hydrogen) atoms. The van der Waals surface area contributed by atoms with Crippen LogP contribution in [0, 0.1) is 0 Å². The summed E-state index contributed by atoms with van der Waals surface area (Å²) in [5, 5.41) is 13.3. The number of aromatic nitrogens is 2. The van der Waals surface area contributed by atoms with Gasteiger partial charge in [0.2, 0.25) is 11.3 Å². The van der Waals surface area contributed by atoms with E-state index in [1.807, 2.05) is 13.0 Å². The monoisotopic (exact) mass is 387 g/mol. The number of amides is 1. The van der Waals surface area contributed by atoms with Crippen LogP contribution in [0.15, 0.2) is 52.4 Å². The maximum absolute atomic E-state index is 12.7. The van der Waals surface area contributed by atoms with Crippen LogP contribution in [0.25, 0.3) is 5.52 Å². The van der Waals surface area contributed by atoms with Crippen LogP contribution in [0.3, 0.4) is 0 Å². The average molecular weight is 388 g/mol. The van der Waals surface area contributed by atoms with E-state index in [4.69, 9.17) is 11.6 Å². The lowest BCUT2D eigenvalue weighted by molar-refractivity contribution is -0.116. The molecule has 0 saturated heterocycles. The molecule has 2 aromatic heterocycles. The third-order valence-corrected chi connectivity index (χ3v) is 4.31. The molecule has 0 spiro atoms. The van der Waals surface area contributed by atoms with E-state index in [2.05, 4.69) is 5.32 Å². The van der Waals surface area contributed by atoms with Crippen LogP contribution < -0.4 is 16.3 Å². The van der Waals surface area contributed by atoms with Crippen LogP contribution >= 0.6 is 11.6 Å². The maximum Gasteiger partial charge on any atom is 0.279 e. The van der Waals surface area contributed by atoms with Gasteiger partial charge >= 0.3 is 0 Å². The molecule has 1 amide bonds. The fraction of sp³-hybridized carbons (Fsp3) is 0.211. The lowest BCUT2D eigenvalue weighted by atomic mass is 10.2. The molecule has 0 atom stereocenters. The SMILES string of the molecule is CCCC(=O)Nc1cn2ccn(Cc3cccc(Cl)c3)c(=O)c2c(O)c1=O. The van der Waals surface area contributed by atoms with E-state index in [1.165, 1.54) is 27.6 Å². The quantitative estimate of drug-likeness (QED) is 0.703. The smallest absolute Gasteiger partial charge is 0.279 e. The van der Waals surface area contributed by atoms with E-state index in [9.17, 15) is 19.5 Å². The Morgan fingerprint density at radius 1 is 1.26 bits per heavy atom. The Bertz CT molecular complexity index is 1130. The van der Waals surface area contributed by atoms with Crippen molar-refractivity contribution in [2.24, 2.45) is 0 Å². The molecule has 0 saturated carbocycles. The Balaban J connectivity index is 2.06. The predicted molar refractivity (Wildman–Crippen MR) is 104 cm³/mol. The molecule has 2 heterocycles. The number of carbonyl (C=O) groups is 1. The number of pyridine rings is 1. The first kappa shape index (κ1) is 18.7. The summed E-state index contributed by atoms with van der Waals surface area (Å²) < 4.78 is 2.70. The summed E-state index contributed by atoms with van der Waals surface area (Å²) in [5.74, 6) is -1.03. The number of nitrogens with one attached hydrogen (secondary N) is 1. The molecular weight excluding hydrogens is 370 g/mol. The average Bonchev–Trinajstić information content (AvgIpc) is 2.62. The lowest BCUT2D eigenvalue weighted by Gasteiger charge is -2.11. The minimum atomic E-state index is -0.794. The molecule has 0 fully saturated rings. The number of rotatable bonds is 5. The molecule has 3 aromatic rings. The summed E-state index contributed by atoms with van der Waals surface area (Å²) in [5.41, 5.74) is -0.747. The van der Waals surface area contributed by atoms with Gasteiger partial charge in [0, 0.05) is 30.0 Å². The van der Waals surface area contributed by atoms with Crippen molar-refractivity contribution >= 4 is 28.7 Å². The number of hydrogen-bond acceptors (Lipinski definition) is 4. The van der Waals surface area contributed by atoms with Crippen LogP contribution in [0.1, 0.15) is 25.3 Å². The van der Waals surface area contributed by atoms with E-state index < -0.39 is 16.7 Å². The van der Waals surface area contributed by atoms with Gasteiger partial charge in [-0.25, -0.2) is 0 Å². The Kier molecular flexibility index (Phi) is 5.32. The summed E-state index contributed by atoms with van der Waals surface area (Å²) in [6.45, 7) is 2.07. The van der Waals surface area contributed by atoms with Crippen molar-refractivity contribution in [1.29, 1.82) is 0 Å². The van der Waals surface area contributed by atoms with E-state index >= 15 is 0 Å². The standard InChI is InChI=1S/C19H18ClN3O4/c1-2-4-15(24)21-14-11-22-7-8-23(10-12-5-3-6-13(20)9-12)19(27)16(22)18(26)17(14)25/h3,5-9,11,26H,2,4,10H2,1H3,(H,21,24). The summed E-state index contributed by atoms with van der Waals surface area (Å²) in [6, 6.07) is 7.06. The zero-order chi connectivity index (χ0) is 19.6. The van der Waals surface area contributed by atoms with Gasteiger partial charge in [-0.15, -0.1) is 0 Å². The highest BCUT2D eigenvalue weighted by Crippen LogP contribution is 2.15. The summed E-state index contributed by atoms with van der Waals surface area (Å²) in [7, 11) is 0. The van der Waals surface area contributed by atoms with Gasteiger partial charge in [-0.05, 0) is 24.1 Å². The van der Waals surface area contributed by atoms with E-state index in [0.29, 0.717) is 11.4 Å². The molecule has 0 aliphatic heterocycles. The number of halogens is 1. The highest BCUT2D eigenvalue weighted by Gasteiger charge is 2.16. The molecule has 2 N–H and O–H groups in total. The van der Waals surface area contributed by atoms with Gasteiger partial charge in [-0.1, -0.05) is 30.7 Å². The zero-order valence-corrected chi connectivity index (χ0v) is 15.4. The van der Waals surface area contributed by atoms with Gasteiger partial charge in [0.05, 0.1) is 6.54 Å². The molecule has 7 nitrogen and oxygen atoms in total. The normalized spacial score (nSPS) is 10.9. The topological polar surface area (TPSA) is 92.8 Å². The van der Waals surface area contributed by atoms with Crippen molar-refractivity contribution in [1.82, 2.24) is 8.97 Å². The molecule has 0 bridgehead atoms. The molecule has 8 heteroatoms. The Morgan fingerprint density at radius 2 is 2.04 bits per heavy atom. The Hall–Kier alpha value is -3.06. The van der Waals surface area contributed by atoms with Crippen LogP contribution in [0.2, 0.25) is 5.02 Å². The van der Waals surface area contributed by atoms with E-state index in [0.717, 1.165) is 5.56 Å². The van der Waals surface area contributed by atoms with Crippen LogP contribution in [-0.2, 0) is 11.3 Å². The number of hydrogen-bond donors (Lipinski definition) is 2. The van der Waals surface area contributed by atoms with Gasteiger partial charge in [-0.3, -0.25) is 14.4 Å². The highest BCUT2D eigenvalue weighted by molar-refractivity contribution is 6.30. The fourth-order valence-electron chi connectivity index (χ4n) is 2.79. The van der Waals surface area contributed by atoms with Gasteiger partial charge in [0.25, 0.3) is 5.56 Å². The molecule has 0 unspecified atom stereocenters. The first-order valence-electron chi connectivity index (χ1n) is 8.42. The Labute approximate surface area is 159 Å². The molecule has 0 aliphatic rings. The minimum absolute atomic E-state index is 0.0737. The van der Waals surface area contributed by atoms with Crippen molar-refractivity contribution in [3.63, 3.8) is 0 Å². The molecule has 0 aliphatic carbocycles. The van der Waals surface area contributed by atoms with E-state index in [1.54, 1.807) is 18.2 Å². The second kappa shape index (κ2) is 7.67. The van der Waals surface area contributed by atoms with Crippen LogP contribution in [0.5, 0.6) is 5.75 Å². The minimum Gasteiger partial charge on any atom is -0.502 e. The van der Waals surface area contributed by atoms with Crippen molar-refractivity contribution in [3.05, 3.63) is 74.0 Å². The van der Waals surface area contributed by atoms with Gasteiger partial charge in [0.1, 0.15) is 5.69 Å². The Morgan fingerprint density at radius 3 is 2.74 bits per heavy atom. The summed E-state index contributed by atoms with van der Waals surface area (Å²) in [4.78, 5) is 36.8. The highest BCUT2D eigenvalue weighted by atomic mass is 35.5. The largest absolute Gasteiger partial charge is 0.502 e. The number of nitrogens with zero attached hydrogens (tertiary/aromatic N) is 2. The van der Waals surface area contributed by atoms with Crippen LogP contribution in [-0.4, -0.2) is 20.0 Å². The molecule has 140 valence electrons. The number of carbonyl (C=O) groups excluding carboxylic acids is 1. The van der Waals surface area contributed by atoms with Gasteiger partial charge < -0.3 is 19.4 Å².